The van der Waals surface area contributed by atoms with Crippen molar-refractivity contribution in [3.05, 3.63) is 83.4 Å². The van der Waals surface area contributed by atoms with Crippen molar-refractivity contribution in [3.8, 4) is 6.07 Å². The number of hydrogen-bond acceptors (Lipinski definition) is 3. The van der Waals surface area contributed by atoms with Gasteiger partial charge in [0.15, 0.2) is 5.65 Å². The molecule has 0 spiro atoms. The van der Waals surface area contributed by atoms with Crippen LogP contribution >= 0.6 is 0 Å². The molecule has 0 radical (unpaired) electrons. The molecule has 4 rings (SSSR count). The first kappa shape index (κ1) is 19.7. The van der Waals surface area contributed by atoms with Gasteiger partial charge in [0.25, 0.3) is 0 Å². The third-order valence-electron chi connectivity index (χ3n) is 5.62. The summed E-state index contributed by atoms with van der Waals surface area (Å²) in [5.74, 6) is 0.941. The molecule has 0 saturated heterocycles. The second-order valence-corrected chi connectivity index (χ2v) is 7.62. The molecule has 30 heavy (non-hydrogen) atoms. The molecule has 0 bridgehead atoms. The van der Waals surface area contributed by atoms with Gasteiger partial charge in [0.2, 0.25) is 0 Å². The minimum Gasteiger partial charge on any atom is -0.341 e. The van der Waals surface area contributed by atoms with Crippen molar-refractivity contribution >= 4 is 28.2 Å². The summed E-state index contributed by atoms with van der Waals surface area (Å²) in [5.41, 5.74) is 7.54. The van der Waals surface area contributed by atoms with Gasteiger partial charge < -0.3 is 5.32 Å². The Morgan fingerprint density at radius 3 is 2.63 bits per heavy atom. The third-order valence-corrected chi connectivity index (χ3v) is 5.62. The topological polar surface area (TPSA) is 53.1 Å². The van der Waals surface area contributed by atoms with E-state index in [1.807, 2.05) is 37.3 Å². The molecular weight excluding hydrogens is 368 g/mol. The molecule has 4 aromatic rings. The number of hydrogen-bond donors (Lipinski definition) is 1. The smallest absolute Gasteiger partial charge is 0.157 e. The van der Waals surface area contributed by atoms with E-state index in [1.165, 1.54) is 18.4 Å². The predicted molar refractivity (Wildman–Crippen MR) is 124 cm³/mol. The van der Waals surface area contributed by atoms with Crippen LogP contribution in [0.15, 0.2) is 61.2 Å². The number of imidazole rings is 1. The van der Waals surface area contributed by atoms with Crippen molar-refractivity contribution in [2.24, 2.45) is 0 Å². The van der Waals surface area contributed by atoms with Crippen molar-refractivity contribution < 1.29 is 0 Å². The summed E-state index contributed by atoms with van der Waals surface area (Å²) in [5, 5.41) is 13.5. The summed E-state index contributed by atoms with van der Waals surface area (Å²) >= 11 is 0. The molecule has 2 aromatic heterocycles. The van der Waals surface area contributed by atoms with Crippen molar-refractivity contribution in [1.29, 1.82) is 5.26 Å². The number of aryl methyl sites for hydroxylation is 1. The molecule has 2 heterocycles. The highest BCUT2D eigenvalue weighted by Crippen LogP contribution is 2.33. The Labute approximate surface area is 177 Å². The fourth-order valence-electron chi connectivity index (χ4n) is 3.98. The fourth-order valence-corrected chi connectivity index (χ4v) is 3.98. The lowest BCUT2D eigenvalue weighted by Gasteiger charge is -2.18. The number of para-hydroxylation sites is 2. The summed E-state index contributed by atoms with van der Waals surface area (Å²) < 4.78 is 2.07. The number of pyridine rings is 1. The van der Waals surface area contributed by atoms with E-state index in [9.17, 15) is 5.26 Å². The van der Waals surface area contributed by atoms with Gasteiger partial charge in [0, 0.05) is 11.3 Å². The first-order valence-corrected chi connectivity index (χ1v) is 10.5. The van der Waals surface area contributed by atoms with Gasteiger partial charge in [-0.05, 0) is 61.6 Å². The number of nitrogens with zero attached hydrogens (tertiary/aromatic N) is 3. The number of allylic oxidation sites excluding steroid dienone is 1. The van der Waals surface area contributed by atoms with E-state index in [-0.39, 0.29) is 0 Å². The van der Waals surface area contributed by atoms with E-state index in [2.05, 4.69) is 53.6 Å². The fraction of sp³-hybridized carbons (Fsp3) is 0.231. The number of nitrogens with one attached hydrogen (secondary N) is 1. The van der Waals surface area contributed by atoms with Crippen LogP contribution in [0.3, 0.4) is 0 Å². The molecule has 0 aliphatic carbocycles. The molecule has 4 nitrogen and oxygen atoms in total. The highest BCUT2D eigenvalue weighted by atomic mass is 15.1. The molecule has 0 amide bonds. The van der Waals surface area contributed by atoms with Crippen molar-refractivity contribution in [3.63, 3.8) is 0 Å². The Morgan fingerprint density at radius 1 is 1.17 bits per heavy atom. The molecule has 0 atom stereocenters. The molecule has 0 saturated carbocycles. The summed E-state index contributed by atoms with van der Waals surface area (Å²) in [7, 11) is 0. The van der Waals surface area contributed by atoms with Crippen LogP contribution in [-0.4, -0.2) is 9.38 Å². The molecule has 150 valence electrons. The molecule has 0 unspecified atom stereocenters. The average molecular weight is 395 g/mol. The molecule has 0 aliphatic rings. The number of benzene rings is 2. The Balaban J connectivity index is 1.92. The quantitative estimate of drug-likeness (QED) is 0.365. The minimum absolute atomic E-state index is 0.614. The van der Waals surface area contributed by atoms with Gasteiger partial charge in [-0.25, -0.2) is 4.98 Å². The first-order chi connectivity index (χ1) is 14.7. The highest BCUT2D eigenvalue weighted by Gasteiger charge is 2.20. The number of unbranched alkanes of at least 4 members (excludes halogenated alkanes) is 1. The van der Waals surface area contributed by atoms with Gasteiger partial charge in [-0.2, -0.15) is 5.26 Å². The molecule has 4 heteroatoms. The lowest BCUT2D eigenvalue weighted by Crippen LogP contribution is -2.08. The van der Waals surface area contributed by atoms with Crippen LogP contribution in [0.5, 0.6) is 0 Å². The van der Waals surface area contributed by atoms with Gasteiger partial charge >= 0.3 is 0 Å². The summed E-state index contributed by atoms with van der Waals surface area (Å²) in [4.78, 5) is 4.77. The zero-order chi connectivity index (χ0) is 21.1. The van der Waals surface area contributed by atoms with E-state index >= 15 is 0 Å². The summed E-state index contributed by atoms with van der Waals surface area (Å²) in [6.07, 6.45) is 6.05. The number of nitriles is 1. The maximum Gasteiger partial charge on any atom is 0.157 e. The Bertz CT molecular complexity index is 1260. The van der Waals surface area contributed by atoms with E-state index in [4.69, 9.17) is 4.98 Å². The standard InChI is InChI=1S/C26H26N4/c1-4-6-10-19-13-15-20(16-14-19)28-25-21(9-5-2)18(3)22(17-27)26-29-23-11-7-8-12-24(23)30(25)26/h5,7-8,11-16,28H,2,4,6,9-10H2,1,3H3. The van der Waals surface area contributed by atoms with Crippen molar-refractivity contribution in [2.45, 2.75) is 39.5 Å². The average Bonchev–Trinajstić information content (AvgIpc) is 3.15. The lowest BCUT2D eigenvalue weighted by atomic mass is 10.0. The maximum absolute atomic E-state index is 9.87. The van der Waals surface area contributed by atoms with Crippen LogP contribution in [-0.2, 0) is 12.8 Å². The number of fused-ring (bicyclic) bond motifs is 3. The van der Waals surface area contributed by atoms with Crippen LogP contribution in [0.4, 0.5) is 11.5 Å². The second-order valence-electron chi connectivity index (χ2n) is 7.62. The van der Waals surface area contributed by atoms with Gasteiger partial charge in [0.1, 0.15) is 11.9 Å². The Kier molecular flexibility index (Phi) is 5.54. The Morgan fingerprint density at radius 2 is 1.93 bits per heavy atom. The van der Waals surface area contributed by atoms with Gasteiger partial charge in [-0.3, -0.25) is 4.40 Å². The largest absolute Gasteiger partial charge is 0.341 e. The van der Waals surface area contributed by atoms with Crippen molar-refractivity contribution in [2.75, 3.05) is 5.32 Å². The van der Waals surface area contributed by atoms with E-state index < -0.39 is 0 Å². The molecule has 1 N–H and O–H groups in total. The van der Waals surface area contributed by atoms with E-state index in [0.29, 0.717) is 17.6 Å². The normalized spacial score (nSPS) is 11.0. The lowest BCUT2D eigenvalue weighted by molar-refractivity contribution is 0.795. The van der Waals surface area contributed by atoms with Crippen molar-refractivity contribution in [1.82, 2.24) is 9.38 Å². The molecule has 0 fully saturated rings. The molecular formula is C26H26N4. The van der Waals surface area contributed by atoms with Crippen LogP contribution in [0.1, 0.15) is 42.0 Å². The zero-order valence-electron chi connectivity index (χ0n) is 17.6. The number of aromatic nitrogens is 2. The third kappa shape index (κ3) is 3.44. The minimum atomic E-state index is 0.614. The van der Waals surface area contributed by atoms with Crippen LogP contribution in [0, 0.1) is 18.3 Å². The molecule has 0 aliphatic heterocycles. The first-order valence-electron chi connectivity index (χ1n) is 10.5. The van der Waals surface area contributed by atoms with E-state index in [0.717, 1.165) is 40.1 Å². The second kappa shape index (κ2) is 8.42. The Hall–Kier alpha value is -3.58. The number of rotatable bonds is 7. The summed E-state index contributed by atoms with van der Waals surface area (Å²) in [6.45, 7) is 8.14. The number of anilines is 2. The van der Waals surface area contributed by atoms with Crippen LogP contribution in [0.2, 0.25) is 0 Å². The highest BCUT2D eigenvalue weighted by molar-refractivity contribution is 5.87. The SMILES string of the molecule is C=CCc1c(C)c(C#N)c2nc3ccccc3n2c1Nc1ccc(CCCC)cc1. The summed E-state index contributed by atoms with van der Waals surface area (Å²) in [6, 6.07) is 19.0. The van der Waals surface area contributed by atoms with Gasteiger partial charge in [-0.1, -0.05) is 43.7 Å². The van der Waals surface area contributed by atoms with Crippen LogP contribution in [0.25, 0.3) is 16.7 Å². The van der Waals surface area contributed by atoms with Crippen LogP contribution < -0.4 is 5.32 Å². The van der Waals surface area contributed by atoms with Gasteiger partial charge in [-0.15, -0.1) is 6.58 Å². The van der Waals surface area contributed by atoms with Gasteiger partial charge in [0.05, 0.1) is 16.6 Å². The monoisotopic (exact) mass is 394 g/mol. The maximum atomic E-state index is 9.87. The molecule has 2 aromatic carbocycles. The van der Waals surface area contributed by atoms with E-state index in [1.54, 1.807) is 0 Å². The zero-order valence-corrected chi connectivity index (χ0v) is 17.6. The predicted octanol–water partition coefficient (Wildman–Crippen LogP) is 6.48.